The summed E-state index contributed by atoms with van der Waals surface area (Å²) in [5.41, 5.74) is 0.923. The van der Waals surface area contributed by atoms with Crippen LogP contribution in [-0.2, 0) is 11.3 Å². The van der Waals surface area contributed by atoms with Crippen LogP contribution >= 0.6 is 0 Å². The monoisotopic (exact) mass is 174 g/mol. The van der Waals surface area contributed by atoms with Gasteiger partial charge < -0.3 is 14.5 Å². The molecule has 0 aliphatic rings. The van der Waals surface area contributed by atoms with Crippen molar-refractivity contribution in [3.8, 4) is 0 Å². The Bertz CT molecular complexity index is 445. The Labute approximate surface area is 75.2 Å². The van der Waals surface area contributed by atoms with Crippen LogP contribution in [0.2, 0.25) is 0 Å². The molecule has 2 aromatic rings. The molecule has 1 aromatic carbocycles. The van der Waals surface area contributed by atoms with Gasteiger partial charge in [0.25, 0.3) is 0 Å². The maximum absolute atomic E-state index is 10.4. The van der Waals surface area contributed by atoms with E-state index in [1.165, 1.54) is 0 Å². The van der Waals surface area contributed by atoms with Gasteiger partial charge in [0.05, 0.1) is 12.5 Å². The van der Waals surface area contributed by atoms with Crippen molar-refractivity contribution in [3.63, 3.8) is 0 Å². The average Bonchev–Trinajstić information content (AvgIpc) is 2.48. The molecule has 3 heteroatoms. The molecule has 0 bridgehead atoms. The summed E-state index contributed by atoms with van der Waals surface area (Å²) < 4.78 is 1.66. The van der Waals surface area contributed by atoms with Gasteiger partial charge >= 0.3 is 0 Å². The zero-order valence-electron chi connectivity index (χ0n) is 6.93. The van der Waals surface area contributed by atoms with Crippen molar-refractivity contribution in [2.45, 2.75) is 6.54 Å². The molecule has 1 aromatic heterocycles. The molecule has 3 nitrogen and oxygen atoms in total. The molecule has 0 saturated heterocycles. The van der Waals surface area contributed by atoms with Crippen LogP contribution in [0.5, 0.6) is 0 Å². The molecule has 1 heterocycles. The Kier molecular flexibility index (Phi) is 1.77. The largest absolute Gasteiger partial charge is 0.548 e. The van der Waals surface area contributed by atoms with Crippen LogP contribution in [0.4, 0.5) is 0 Å². The highest BCUT2D eigenvalue weighted by atomic mass is 16.4. The fourth-order valence-electron chi connectivity index (χ4n) is 1.42. The SMILES string of the molecule is O=C([O-])Cn1ccc2ccccc21. The van der Waals surface area contributed by atoms with Crippen molar-refractivity contribution in [1.29, 1.82) is 0 Å². The number of aromatic nitrogens is 1. The lowest BCUT2D eigenvalue weighted by Gasteiger charge is -2.04. The molecular formula is C10H8NO2-. The van der Waals surface area contributed by atoms with E-state index in [1.807, 2.05) is 30.3 Å². The normalized spacial score (nSPS) is 10.5. The molecule has 0 aliphatic carbocycles. The van der Waals surface area contributed by atoms with E-state index in [0.717, 1.165) is 10.9 Å². The van der Waals surface area contributed by atoms with Gasteiger partial charge in [0.1, 0.15) is 0 Å². The van der Waals surface area contributed by atoms with Crippen LogP contribution < -0.4 is 5.11 Å². The Morgan fingerprint density at radius 1 is 1.31 bits per heavy atom. The Morgan fingerprint density at radius 2 is 2.08 bits per heavy atom. The Morgan fingerprint density at radius 3 is 2.85 bits per heavy atom. The second kappa shape index (κ2) is 2.94. The van der Waals surface area contributed by atoms with Crippen LogP contribution in [0.25, 0.3) is 10.9 Å². The molecule has 0 amide bonds. The molecule has 0 radical (unpaired) electrons. The smallest absolute Gasteiger partial charge is 0.0621 e. The molecule has 0 fully saturated rings. The van der Waals surface area contributed by atoms with Gasteiger partial charge in [-0.2, -0.15) is 0 Å². The standard InChI is InChI=1S/C10H9NO2/c12-10(13)7-11-6-5-8-3-1-2-4-9(8)11/h1-6H,7H2,(H,12,13)/p-1. The average molecular weight is 174 g/mol. The summed E-state index contributed by atoms with van der Waals surface area (Å²) in [5.74, 6) is -1.07. The number of hydrogen-bond acceptors (Lipinski definition) is 2. The predicted molar refractivity (Wildman–Crippen MR) is 46.9 cm³/mol. The number of aliphatic carboxylic acids is 1. The summed E-state index contributed by atoms with van der Waals surface area (Å²) in [7, 11) is 0. The second-order valence-electron chi connectivity index (χ2n) is 2.87. The van der Waals surface area contributed by atoms with Gasteiger partial charge in [-0.1, -0.05) is 18.2 Å². The van der Waals surface area contributed by atoms with Crippen LogP contribution in [0.15, 0.2) is 36.5 Å². The molecule has 66 valence electrons. The number of carbonyl (C=O) groups excluding carboxylic acids is 1. The van der Waals surface area contributed by atoms with Gasteiger partial charge in [-0.3, -0.25) is 0 Å². The lowest BCUT2D eigenvalue weighted by molar-refractivity contribution is -0.306. The van der Waals surface area contributed by atoms with Crippen LogP contribution in [0, 0.1) is 0 Å². The fraction of sp³-hybridized carbons (Fsp3) is 0.100. The first-order valence-corrected chi connectivity index (χ1v) is 4.01. The van der Waals surface area contributed by atoms with Crippen LogP contribution in [0.1, 0.15) is 0 Å². The van der Waals surface area contributed by atoms with E-state index in [2.05, 4.69) is 0 Å². The third kappa shape index (κ3) is 1.40. The summed E-state index contributed by atoms with van der Waals surface area (Å²) in [6, 6.07) is 9.53. The summed E-state index contributed by atoms with van der Waals surface area (Å²) >= 11 is 0. The van der Waals surface area contributed by atoms with Crippen LogP contribution in [0.3, 0.4) is 0 Å². The second-order valence-corrected chi connectivity index (χ2v) is 2.87. The van der Waals surface area contributed by atoms with Crippen molar-refractivity contribution in [3.05, 3.63) is 36.5 Å². The van der Waals surface area contributed by atoms with Gasteiger partial charge in [-0.05, 0) is 17.5 Å². The first-order chi connectivity index (χ1) is 6.27. The number of benzene rings is 1. The summed E-state index contributed by atoms with van der Waals surface area (Å²) in [6.45, 7) is -0.0898. The van der Waals surface area contributed by atoms with Crippen molar-refractivity contribution in [1.82, 2.24) is 4.57 Å². The molecule has 0 aliphatic heterocycles. The van der Waals surface area contributed by atoms with Gasteiger partial charge in [-0.25, -0.2) is 0 Å². The van der Waals surface area contributed by atoms with E-state index in [4.69, 9.17) is 0 Å². The first kappa shape index (κ1) is 7.86. The molecule has 0 saturated carbocycles. The number of hydrogen-bond donors (Lipinski definition) is 0. The molecule has 0 N–H and O–H groups in total. The lowest BCUT2D eigenvalue weighted by Crippen LogP contribution is -2.27. The molecule has 0 spiro atoms. The van der Waals surface area contributed by atoms with E-state index < -0.39 is 5.97 Å². The minimum absolute atomic E-state index is 0.0898. The van der Waals surface area contributed by atoms with E-state index in [1.54, 1.807) is 10.8 Å². The van der Waals surface area contributed by atoms with E-state index in [0.29, 0.717) is 0 Å². The quantitative estimate of drug-likeness (QED) is 0.661. The number of carbonyl (C=O) groups is 1. The summed E-state index contributed by atoms with van der Waals surface area (Å²) in [5, 5.41) is 11.4. The summed E-state index contributed by atoms with van der Waals surface area (Å²) in [4.78, 5) is 10.4. The Balaban J connectivity index is 2.51. The highest BCUT2D eigenvalue weighted by molar-refractivity contribution is 5.81. The van der Waals surface area contributed by atoms with Gasteiger partial charge in [0, 0.05) is 11.7 Å². The number of nitrogens with zero attached hydrogens (tertiary/aromatic N) is 1. The minimum Gasteiger partial charge on any atom is -0.548 e. The zero-order valence-corrected chi connectivity index (χ0v) is 6.93. The van der Waals surface area contributed by atoms with Crippen molar-refractivity contribution in [2.75, 3.05) is 0 Å². The zero-order chi connectivity index (χ0) is 9.26. The number of rotatable bonds is 2. The third-order valence-electron chi connectivity index (χ3n) is 1.98. The van der Waals surface area contributed by atoms with Gasteiger partial charge in [-0.15, -0.1) is 0 Å². The van der Waals surface area contributed by atoms with E-state index in [9.17, 15) is 9.90 Å². The highest BCUT2D eigenvalue weighted by Crippen LogP contribution is 2.14. The third-order valence-corrected chi connectivity index (χ3v) is 1.98. The lowest BCUT2D eigenvalue weighted by atomic mass is 10.2. The molecule has 0 atom stereocenters. The first-order valence-electron chi connectivity index (χ1n) is 4.01. The number of carboxylic acid groups (broad SMARTS) is 1. The number of fused-ring (bicyclic) bond motifs is 1. The van der Waals surface area contributed by atoms with Gasteiger partial charge in [0.2, 0.25) is 0 Å². The fourth-order valence-corrected chi connectivity index (χ4v) is 1.42. The van der Waals surface area contributed by atoms with Gasteiger partial charge in [0.15, 0.2) is 0 Å². The molecular weight excluding hydrogens is 166 g/mol. The Hall–Kier alpha value is -1.77. The van der Waals surface area contributed by atoms with Crippen molar-refractivity contribution < 1.29 is 9.90 Å². The molecule has 13 heavy (non-hydrogen) atoms. The van der Waals surface area contributed by atoms with Crippen LogP contribution in [-0.4, -0.2) is 10.5 Å². The minimum atomic E-state index is -1.07. The maximum Gasteiger partial charge on any atom is 0.0621 e. The van der Waals surface area contributed by atoms with E-state index >= 15 is 0 Å². The summed E-state index contributed by atoms with van der Waals surface area (Å²) in [6.07, 6.45) is 1.75. The predicted octanol–water partition coefficient (Wildman–Crippen LogP) is 0.391. The van der Waals surface area contributed by atoms with Crippen molar-refractivity contribution >= 4 is 16.9 Å². The molecule has 0 unspecified atom stereocenters. The maximum atomic E-state index is 10.4. The topological polar surface area (TPSA) is 45.1 Å². The van der Waals surface area contributed by atoms with E-state index in [-0.39, 0.29) is 6.54 Å². The van der Waals surface area contributed by atoms with Crippen molar-refractivity contribution in [2.24, 2.45) is 0 Å². The number of carboxylic acids is 1. The number of para-hydroxylation sites is 1. The highest BCUT2D eigenvalue weighted by Gasteiger charge is 1.98. The molecule has 2 rings (SSSR count).